The fourth-order valence-electron chi connectivity index (χ4n) is 5.63. The lowest BCUT2D eigenvalue weighted by Crippen LogP contribution is -2.48. The zero-order valence-electron chi connectivity index (χ0n) is 21.2. The zero-order chi connectivity index (χ0) is 25.2. The van der Waals surface area contributed by atoms with E-state index in [1.807, 2.05) is 35.1 Å². The van der Waals surface area contributed by atoms with Crippen LogP contribution in [0.5, 0.6) is 17.2 Å². The third kappa shape index (κ3) is 5.00. The van der Waals surface area contributed by atoms with Crippen molar-refractivity contribution in [2.45, 2.75) is 58.8 Å². The number of likely N-dealkylation sites (tertiary alicyclic amines) is 1. The molecule has 0 radical (unpaired) electrons. The molecule has 3 aliphatic heterocycles. The van der Waals surface area contributed by atoms with Crippen molar-refractivity contribution >= 4 is 5.91 Å². The first-order valence-corrected chi connectivity index (χ1v) is 13.1. The number of amides is 1. The van der Waals surface area contributed by atoms with E-state index in [-0.39, 0.29) is 12.7 Å². The van der Waals surface area contributed by atoms with Crippen molar-refractivity contribution in [3.63, 3.8) is 0 Å². The Morgan fingerprint density at radius 3 is 2.68 bits per heavy atom. The van der Waals surface area contributed by atoms with Gasteiger partial charge in [0.1, 0.15) is 18.1 Å². The van der Waals surface area contributed by atoms with Gasteiger partial charge >= 0.3 is 0 Å². The van der Waals surface area contributed by atoms with Gasteiger partial charge in [-0.05, 0) is 75.0 Å². The number of carbonyl (C=O) groups is 1. The highest BCUT2D eigenvalue weighted by Gasteiger charge is 2.41. The number of rotatable bonds is 2. The Morgan fingerprint density at radius 1 is 1.00 bits per heavy atom. The molecule has 2 aromatic carbocycles. The highest BCUT2D eigenvalue weighted by Crippen LogP contribution is 2.39. The lowest BCUT2D eigenvalue weighted by atomic mass is 9.73. The van der Waals surface area contributed by atoms with Gasteiger partial charge in [0, 0.05) is 25.2 Å². The summed E-state index contributed by atoms with van der Waals surface area (Å²) in [4.78, 5) is 16.2. The van der Waals surface area contributed by atoms with Crippen LogP contribution in [0.2, 0.25) is 0 Å². The van der Waals surface area contributed by atoms with Crippen molar-refractivity contribution in [1.82, 2.24) is 25.2 Å². The second-order valence-electron chi connectivity index (χ2n) is 10.3. The van der Waals surface area contributed by atoms with Crippen molar-refractivity contribution < 1.29 is 19.0 Å². The fourth-order valence-corrected chi connectivity index (χ4v) is 5.63. The molecule has 0 unspecified atom stereocenters. The van der Waals surface area contributed by atoms with Crippen LogP contribution in [0, 0.1) is 12.3 Å². The number of nitrogens with zero attached hydrogens (tertiary/aromatic N) is 4. The summed E-state index contributed by atoms with van der Waals surface area (Å²) in [5.74, 6) is 2.54. The maximum atomic E-state index is 13.7. The van der Waals surface area contributed by atoms with E-state index < -0.39 is 5.41 Å². The van der Waals surface area contributed by atoms with Gasteiger partial charge < -0.3 is 19.5 Å². The quantitative estimate of drug-likeness (QED) is 0.572. The number of fused-ring (bicyclic) bond motifs is 4. The van der Waals surface area contributed by atoms with Crippen molar-refractivity contribution in [1.29, 1.82) is 0 Å². The lowest BCUT2D eigenvalue weighted by Gasteiger charge is -2.41. The summed E-state index contributed by atoms with van der Waals surface area (Å²) < 4.78 is 19.0. The SMILES string of the molecule is Cc1cc2c(cc1CN1CCC3(CCCn4cc(nn4)COc4ccccc4CNC3=O)CC1)OCO2. The van der Waals surface area contributed by atoms with E-state index in [0.29, 0.717) is 13.2 Å². The molecular weight excluding hydrogens is 470 g/mol. The van der Waals surface area contributed by atoms with Crippen LogP contribution in [0.25, 0.3) is 0 Å². The molecule has 1 fully saturated rings. The molecule has 0 aliphatic carbocycles. The molecule has 1 amide bonds. The van der Waals surface area contributed by atoms with E-state index in [2.05, 4.69) is 39.6 Å². The average molecular weight is 504 g/mol. The Kier molecular flexibility index (Phi) is 6.46. The number of aromatic nitrogens is 3. The molecule has 3 aliphatic rings. The van der Waals surface area contributed by atoms with Crippen molar-refractivity contribution in [2.75, 3.05) is 19.9 Å². The average Bonchev–Trinajstić information content (AvgIpc) is 3.56. The number of ether oxygens (including phenoxy) is 3. The zero-order valence-corrected chi connectivity index (χ0v) is 21.2. The molecule has 1 saturated heterocycles. The summed E-state index contributed by atoms with van der Waals surface area (Å²) in [6.07, 6.45) is 5.28. The molecule has 0 saturated carbocycles. The van der Waals surface area contributed by atoms with Gasteiger partial charge in [0.2, 0.25) is 12.7 Å². The molecule has 9 nitrogen and oxygen atoms in total. The van der Waals surface area contributed by atoms with Gasteiger partial charge in [-0.2, -0.15) is 0 Å². The van der Waals surface area contributed by atoms with Gasteiger partial charge in [0.05, 0.1) is 11.6 Å². The summed E-state index contributed by atoms with van der Waals surface area (Å²) in [6, 6.07) is 12.0. The predicted octanol–water partition coefficient (Wildman–Crippen LogP) is 3.59. The van der Waals surface area contributed by atoms with Crippen LogP contribution in [0.4, 0.5) is 0 Å². The number of hydrogen-bond acceptors (Lipinski definition) is 7. The minimum atomic E-state index is -0.399. The van der Waals surface area contributed by atoms with E-state index >= 15 is 0 Å². The Hall–Kier alpha value is -3.59. The Labute approximate surface area is 216 Å². The van der Waals surface area contributed by atoms with Crippen LogP contribution in [0.15, 0.2) is 42.6 Å². The fraction of sp³-hybridized carbons (Fsp3) is 0.464. The highest BCUT2D eigenvalue weighted by atomic mass is 16.7. The van der Waals surface area contributed by atoms with E-state index in [9.17, 15) is 4.79 Å². The first-order chi connectivity index (χ1) is 18.1. The van der Waals surface area contributed by atoms with E-state index in [1.165, 1.54) is 11.1 Å². The van der Waals surface area contributed by atoms with Crippen LogP contribution in [0.3, 0.4) is 0 Å². The molecule has 2 bridgehead atoms. The Morgan fingerprint density at radius 2 is 1.81 bits per heavy atom. The molecule has 4 heterocycles. The number of aryl methyl sites for hydroxylation is 2. The van der Waals surface area contributed by atoms with Gasteiger partial charge in [-0.1, -0.05) is 23.4 Å². The molecule has 9 heteroatoms. The van der Waals surface area contributed by atoms with E-state index in [0.717, 1.165) is 80.4 Å². The van der Waals surface area contributed by atoms with E-state index in [4.69, 9.17) is 14.2 Å². The first-order valence-electron chi connectivity index (χ1n) is 13.1. The molecule has 1 N–H and O–H groups in total. The summed E-state index contributed by atoms with van der Waals surface area (Å²) in [7, 11) is 0. The molecule has 194 valence electrons. The molecule has 3 aromatic rings. The number of hydrogen-bond donors (Lipinski definition) is 1. The van der Waals surface area contributed by atoms with Gasteiger partial charge in [-0.3, -0.25) is 14.4 Å². The second-order valence-corrected chi connectivity index (χ2v) is 10.3. The van der Waals surface area contributed by atoms with Crippen LogP contribution in [-0.2, 0) is 31.0 Å². The number of nitrogens with one attached hydrogen (secondary N) is 1. The summed E-state index contributed by atoms with van der Waals surface area (Å²) >= 11 is 0. The Balaban J connectivity index is 1.18. The standard InChI is InChI=1S/C28H33N5O4/c1-20-13-25-26(37-19-36-25)14-22(20)16-32-11-8-28(9-12-32)7-4-10-33-17-23(30-31-33)18-35-24-6-3-2-5-21(24)15-29-27(28)34/h2-3,5-6,13-14,17H,4,7-12,15-16,18-19H2,1H3,(H,29,34). The minimum Gasteiger partial charge on any atom is -0.487 e. The largest absolute Gasteiger partial charge is 0.487 e. The number of piperidine rings is 1. The van der Waals surface area contributed by atoms with Crippen LogP contribution in [-0.4, -0.2) is 45.7 Å². The molecule has 1 spiro atoms. The Bertz CT molecular complexity index is 1280. The number of carbonyl (C=O) groups excluding carboxylic acids is 1. The smallest absolute Gasteiger partial charge is 0.231 e. The molecular formula is C28H33N5O4. The van der Waals surface area contributed by atoms with Gasteiger partial charge in [-0.25, -0.2) is 0 Å². The van der Waals surface area contributed by atoms with Gasteiger partial charge in [-0.15, -0.1) is 5.10 Å². The summed E-state index contributed by atoms with van der Waals surface area (Å²) in [6.45, 7) is 6.52. The number of para-hydroxylation sites is 1. The molecule has 6 rings (SSSR count). The maximum Gasteiger partial charge on any atom is 0.231 e. The van der Waals surface area contributed by atoms with E-state index in [1.54, 1.807) is 0 Å². The second kappa shape index (κ2) is 10.0. The van der Waals surface area contributed by atoms with Crippen molar-refractivity contribution in [3.8, 4) is 17.2 Å². The third-order valence-corrected chi connectivity index (χ3v) is 7.94. The molecule has 0 atom stereocenters. The normalized spacial score (nSPS) is 19.5. The van der Waals surface area contributed by atoms with Gasteiger partial charge in [0.15, 0.2) is 11.5 Å². The monoisotopic (exact) mass is 503 g/mol. The summed E-state index contributed by atoms with van der Waals surface area (Å²) in [5, 5.41) is 11.8. The third-order valence-electron chi connectivity index (χ3n) is 7.94. The van der Waals surface area contributed by atoms with Crippen LogP contribution in [0.1, 0.15) is 48.1 Å². The van der Waals surface area contributed by atoms with Crippen LogP contribution >= 0.6 is 0 Å². The topological polar surface area (TPSA) is 90.7 Å². The lowest BCUT2D eigenvalue weighted by molar-refractivity contribution is -0.135. The first kappa shape index (κ1) is 23.8. The summed E-state index contributed by atoms with van der Waals surface area (Å²) in [5.41, 5.74) is 3.82. The van der Waals surface area contributed by atoms with Crippen molar-refractivity contribution in [2.24, 2.45) is 5.41 Å². The predicted molar refractivity (Wildman–Crippen MR) is 136 cm³/mol. The molecule has 1 aromatic heterocycles. The number of benzene rings is 2. The van der Waals surface area contributed by atoms with Crippen molar-refractivity contribution in [3.05, 3.63) is 65.0 Å². The molecule has 37 heavy (non-hydrogen) atoms. The van der Waals surface area contributed by atoms with Gasteiger partial charge in [0.25, 0.3) is 0 Å². The maximum absolute atomic E-state index is 13.7. The minimum absolute atomic E-state index is 0.137. The van der Waals surface area contributed by atoms with Crippen LogP contribution < -0.4 is 19.5 Å². The highest BCUT2D eigenvalue weighted by molar-refractivity contribution is 5.82.